The van der Waals surface area contributed by atoms with Gasteiger partial charge in [-0.15, -0.1) is 0 Å². The Kier molecular flexibility index (Phi) is 4.18. The number of carbonyl (C=O) groups excluding carboxylic acids is 1. The Morgan fingerprint density at radius 3 is 2.53 bits per heavy atom. The Bertz CT molecular complexity index is 445. The fourth-order valence-electron chi connectivity index (χ4n) is 1.00. The number of hydrazine groups is 1. The van der Waals surface area contributed by atoms with Crippen molar-refractivity contribution in [1.82, 2.24) is 5.01 Å². The van der Waals surface area contributed by atoms with E-state index in [0.29, 0.717) is 16.9 Å². The Morgan fingerprint density at radius 2 is 2.00 bits per heavy atom. The molecule has 0 aromatic heterocycles. The number of anilines is 1. The lowest BCUT2D eigenvalue weighted by Gasteiger charge is -2.17. The average Bonchev–Trinajstić information content (AvgIpc) is 2.37. The van der Waals surface area contributed by atoms with Crippen LogP contribution in [0.15, 0.2) is 42.0 Å². The lowest BCUT2D eigenvalue weighted by molar-refractivity contribution is 0.224. The van der Waals surface area contributed by atoms with Crippen molar-refractivity contribution in [1.29, 1.82) is 5.41 Å². The summed E-state index contributed by atoms with van der Waals surface area (Å²) < 4.78 is 12.9. The van der Waals surface area contributed by atoms with Gasteiger partial charge < -0.3 is 16.5 Å². The van der Waals surface area contributed by atoms with Crippen molar-refractivity contribution in [3.05, 3.63) is 42.0 Å². The third-order valence-electron chi connectivity index (χ3n) is 1.87. The summed E-state index contributed by atoms with van der Waals surface area (Å²) in [4.78, 5) is 11.5. The molecule has 1 aromatic rings. The molecule has 1 rings (SSSR count). The number of nitrogens with one attached hydrogen (secondary N) is 2. The van der Waals surface area contributed by atoms with Crippen LogP contribution in [0, 0.1) is 5.41 Å². The van der Waals surface area contributed by atoms with Gasteiger partial charge in [0.1, 0.15) is 0 Å². The zero-order valence-electron chi connectivity index (χ0n) is 8.85. The molecule has 0 spiro atoms. The lowest BCUT2D eigenvalue weighted by Crippen LogP contribution is -2.43. The fraction of sp³-hybridized carbons (Fsp3) is 0. The molecule has 0 unspecified atom stereocenters. The van der Waals surface area contributed by atoms with Gasteiger partial charge in [0.2, 0.25) is 0 Å². The summed E-state index contributed by atoms with van der Waals surface area (Å²) in [6.07, 6.45) is 0.366. The molecule has 0 aliphatic rings. The van der Waals surface area contributed by atoms with E-state index in [1.165, 1.54) is 0 Å². The zero-order valence-corrected chi connectivity index (χ0v) is 8.85. The molecule has 0 fully saturated rings. The molecule has 17 heavy (non-hydrogen) atoms. The van der Waals surface area contributed by atoms with Crippen molar-refractivity contribution < 1.29 is 9.18 Å². The second-order valence-electron chi connectivity index (χ2n) is 3.04. The Balaban J connectivity index is 2.75. The number of nitrogens with zero attached hydrogens (tertiary/aromatic N) is 1. The topological polar surface area (TPSA) is 108 Å². The summed E-state index contributed by atoms with van der Waals surface area (Å²) in [6, 6.07) is 7.68. The molecular weight excluding hydrogens is 225 g/mol. The van der Waals surface area contributed by atoms with Gasteiger partial charge in [0.15, 0.2) is 11.6 Å². The van der Waals surface area contributed by atoms with E-state index in [0.717, 1.165) is 0 Å². The maximum Gasteiger partial charge on any atom is 0.342 e. The minimum absolute atomic E-state index is 0.366. The van der Waals surface area contributed by atoms with Crippen LogP contribution < -0.4 is 16.9 Å². The molecule has 0 aliphatic heterocycles. The molecule has 0 heterocycles. The number of urea groups is 1. The summed E-state index contributed by atoms with van der Waals surface area (Å²) >= 11 is 0. The van der Waals surface area contributed by atoms with E-state index in [9.17, 15) is 9.18 Å². The van der Waals surface area contributed by atoms with E-state index < -0.39 is 17.7 Å². The summed E-state index contributed by atoms with van der Waals surface area (Å²) in [5, 5.41) is 9.45. The average molecular weight is 237 g/mol. The molecule has 6 nitrogen and oxygen atoms in total. The summed E-state index contributed by atoms with van der Waals surface area (Å²) in [7, 11) is 0. The number of amides is 2. The number of nitrogens with two attached hydrogens (primary N) is 2. The minimum atomic E-state index is -1.09. The van der Waals surface area contributed by atoms with Crippen LogP contribution in [0.2, 0.25) is 0 Å². The van der Waals surface area contributed by atoms with E-state index in [2.05, 4.69) is 5.32 Å². The highest BCUT2D eigenvalue weighted by Gasteiger charge is 2.15. The molecule has 7 heteroatoms. The molecule has 0 bridgehead atoms. The molecular formula is C10H12FN5O. The summed E-state index contributed by atoms with van der Waals surface area (Å²) in [5.41, 5.74) is 5.72. The van der Waals surface area contributed by atoms with Gasteiger partial charge in [-0.2, -0.15) is 0 Å². The SMILES string of the molecule is N=C/C(F)=C(\N)N(N)C(=O)Nc1ccccc1. The highest BCUT2D eigenvalue weighted by Crippen LogP contribution is 2.07. The summed E-state index contributed by atoms with van der Waals surface area (Å²) in [5.74, 6) is 3.56. The molecule has 0 atom stereocenters. The zero-order chi connectivity index (χ0) is 12.8. The van der Waals surface area contributed by atoms with Gasteiger partial charge in [0.05, 0.1) is 6.21 Å². The molecule has 1 aromatic carbocycles. The first kappa shape index (κ1) is 12.7. The van der Waals surface area contributed by atoms with Crippen molar-refractivity contribution >= 4 is 17.9 Å². The first-order chi connectivity index (χ1) is 8.06. The standard InChI is InChI=1S/C10H12FN5O/c11-8(6-12)9(13)16(14)10(17)15-7-4-2-1-3-5-7/h1-6,12H,13-14H2,(H,15,17)/b9-8-,12-6?. The van der Waals surface area contributed by atoms with Crippen LogP contribution in [0.1, 0.15) is 0 Å². The van der Waals surface area contributed by atoms with Gasteiger partial charge in [0.25, 0.3) is 0 Å². The van der Waals surface area contributed by atoms with Crippen molar-refractivity contribution in [2.45, 2.75) is 0 Å². The number of allylic oxidation sites excluding steroid dienone is 1. The number of benzene rings is 1. The largest absolute Gasteiger partial charge is 0.381 e. The Labute approximate surface area is 97.2 Å². The number of carbonyl (C=O) groups is 1. The van der Waals surface area contributed by atoms with Crippen LogP contribution in [-0.2, 0) is 0 Å². The van der Waals surface area contributed by atoms with Gasteiger partial charge in [-0.3, -0.25) is 0 Å². The van der Waals surface area contributed by atoms with Crippen molar-refractivity contribution in [3.63, 3.8) is 0 Å². The molecule has 2 amide bonds. The maximum absolute atomic E-state index is 12.9. The van der Waals surface area contributed by atoms with E-state index in [4.69, 9.17) is 17.0 Å². The predicted octanol–water partition coefficient (Wildman–Crippen LogP) is 1.14. The molecule has 0 aliphatic carbocycles. The first-order valence-electron chi connectivity index (χ1n) is 4.63. The van der Waals surface area contributed by atoms with E-state index in [1.807, 2.05) is 0 Å². The van der Waals surface area contributed by atoms with Crippen LogP contribution in [0.25, 0.3) is 0 Å². The predicted molar refractivity (Wildman–Crippen MR) is 62.6 cm³/mol. The monoisotopic (exact) mass is 237 g/mol. The second kappa shape index (κ2) is 5.61. The minimum Gasteiger partial charge on any atom is -0.381 e. The van der Waals surface area contributed by atoms with Gasteiger partial charge >= 0.3 is 6.03 Å². The number of halogens is 1. The molecule has 0 saturated heterocycles. The number of hydrogen-bond acceptors (Lipinski definition) is 4. The Hall–Kier alpha value is -2.41. The van der Waals surface area contributed by atoms with Crippen LogP contribution in [0.5, 0.6) is 0 Å². The normalized spacial score (nSPS) is 11.4. The third kappa shape index (κ3) is 3.28. The second-order valence-corrected chi connectivity index (χ2v) is 3.04. The molecule has 0 radical (unpaired) electrons. The van der Waals surface area contributed by atoms with Crippen LogP contribution in [0.3, 0.4) is 0 Å². The van der Waals surface area contributed by atoms with Crippen molar-refractivity contribution in [2.24, 2.45) is 11.6 Å². The summed E-state index contributed by atoms with van der Waals surface area (Å²) in [6.45, 7) is 0. The van der Waals surface area contributed by atoms with E-state index in [-0.39, 0.29) is 0 Å². The quantitative estimate of drug-likeness (QED) is 0.274. The number of para-hydroxylation sites is 1. The number of rotatable bonds is 3. The van der Waals surface area contributed by atoms with Gasteiger partial charge in [-0.05, 0) is 12.1 Å². The van der Waals surface area contributed by atoms with Crippen molar-refractivity contribution in [2.75, 3.05) is 5.32 Å². The highest BCUT2D eigenvalue weighted by atomic mass is 19.1. The molecule has 90 valence electrons. The van der Waals surface area contributed by atoms with Gasteiger partial charge in [0, 0.05) is 5.69 Å². The van der Waals surface area contributed by atoms with E-state index >= 15 is 0 Å². The van der Waals surface area contributed by atoms with Crippen molar-refractivity contribution in [3.8, 4) is 0 Å². The van der Waals surface area contributed by atoms with Crippen LogP contribution >= 0.6 is 0 Å². The van der Waals surface area contributed by atoms with Gasteiger partial charge in [-0.1, -0.05) is 18.2 Å². The molecule has 0 saturated carbocycles. The van der Waals surface area contributed by atoms with Gasteiger partial charge in [-0.25, -0.2) is 20.0 Å². The lowest BCUT2D eigenvalue weighted by atomic mass is 10.3. The third-order valence-corrected chi connectivity index (χ3v) is 1.87. The fourth-order valence-corrected chi connectivity index (χ4v) is 1.00. The smallest absolute Gasteiger partial charge is 0.342 e. The van der Waals surface area contributed by atoms with Crippen LogP contribution in [-0.4, -0.2) is 17.3 Å². The highest BCUT2D eigenvalue weighted by molar-refractivity contribution is 5.90. The number of hydrogen-bond donors (Lipinski definition) is 4. The first-order valence-corrected chi connectivity index (χ1v) is 4.63. The maximum atomic E-state index is 12.9. The molecule has 6 N–H and O–H groups in total. The van der Waals surface area contributed by atoms with Crippen LogP contribution in [0.4, 0.5) is 14.9 Å². The van der Waals surface area contributed by atoms with E-state index in [1.54, 1.807) is 30.3 Å². The Morgan fingerprint density at radius 1 is 1.41 bits per heavy atom.